The van der Waals surface area contributed by atoms with Crippen molar-refractivity contribution >= 4 is 23.2 Å². The molecule has 0 unspecified atom stereocenters. The topological polar surface area (TPSA) is 67.9 Å². The molecule has 0 radical (unpaired) electrons. The normalized spacial score (nSPS) is 13.0. The highest BCUT2D eigenvalue weighted by atomic mass is 16.5. The van der Waals surface area contributed by atoms with E-state index in [1.165, 1.54) is 0 Å². The molecule has 0 spiro atoms. The molecule has 6 heteroatoms. The van der Waals surface area contributed by atoms with Crippen LogP contribution in [0.25, 0.3) is 0 Å². The molecular weight excluding hydrogens is 332 g/mol. The van der Waals surface area contributed by atoms with Crippen molar-refractivity contribution in [1.82, 2.24) is 0 Å². The molecule has 1 heterocycles. The average molecular weight is 354 g/mol. The highest BCUT2D eigenvalue weighted by molar-refractivity contribution is 5.99. The summed E-state index contributed by atoms with van der Waals surface area (Å²) in [5.41, 5.74) is 2.28. The molecule has 0 atom stereocenters. The van der Waals surface area contributed by atoms with E-state index in [1.54, 1.807) is 23.1 Å². The fourth-order valence-corrected chi connectivity index (χ4v) is 2.89. The van der Waals surface area contributed by atoms with Crippen LogP contribution in [0.1, 0.15) is 19.4 Å². The summed E-state index contributed by atoms with van der Waals surface area (Å²) in [6.07, 6.45) is 0.268. The molecule has 26 heavy (non-hydrogen) atoms. The van der Waals surface area contributed by atoms with Crippen LogP contribution in [-0.2, 0) is 16.0 Å². The van der Waals surface area contributed by atoms with E-state index in [4.69, 9.17) is 9.47 Å². The number of amides is 2. The van der Waals surface area contributed by atoms with Crippen molar-refractivity contribution in [3.63, 3.8) is 0 Å². The van der Waals surface area contributed by atoms with Gasteiger partial charge in [-0.1, -0.05) is 12.1 Å². The molecule has 6 nitrogen and oxygen atoms in total. The SMILES string of the molecule is CCOc1ccc(CC(=O)Nc2ccc3c(c2)OCC(=O)N3CC)cc1. The van der Waals surface area contributed by atoms with Crippen molar-refractivity contribution in [2.75, 3.05) is 30.0 Å². The summed E-state index contributed by atoms with van der Waals surface area (Å²) >= 11 is 0. The van der Waals surface area contributed by atoms with Crippen molar-refractivity contribution in [1.29, 1.82) is 0 Å². The van der Waals surface area contributed by atoms with Crippen molar-refractivity contribution in [2.24, 2.45) is 0 Å². The van der Waals surface area contributed by atoms with E-state index in [0.29, 0.717) is 24.6 Å². The van der Waals surface area contributed by atoms with Gasteiger partial charge in [0.05, 0.1) is 18.7 Å². The number of benzene rings is 2. The van der Waals surface area contributed by atoms with E-state index in [9.17, 15) is 9.59 Å². The molecule has 2 amide bonds. The molecular formula is C20H22N2O4. The van der Waals surface area contributed by atoms with Gasteiger partial charge in [0.25, 0.3) is 5.91 Å². The van der Waals surface area contributed by atoms with Crippen molar-refractivity contribution < 1.29 is 19.1 Å². The molecule has 0 fully saturated rings. The summed E-state index contributed by atoms with van der Waals surface area (Å²) < 4.78 is 10.9. The van der Waals surface area contributed by atoms with Gasteiger partial charge >= 0.3 is 0 Å². The Morgan fingerprint density at radius 3 is 2.65 bits per heavy atom. The van der Waals surface area contributed by atoms with Gasteiger partial charge in [-0.05, 0) is 43.7 Å². The van der Waals surface area contributed by atoms with E-state index in [-0.39, 0.29) is 24.8 Å². The number of carbonyl (C=O) groups excluding carboxylic acids is 2. The molecule has 0 saturated carbocycles. The number of carbonyl (C=O) groups is 2. The van der Waals surface area contributed by atoms with Crippen LogP contribution in [0, 0.1) is 0 Å². The lowest BCUT2D eigenvalue weighted by molar-refractivity contribution is -0.121. The first kappa shape index (κ1) is 17.8. The fourth-order valence-electron chi connectivity index (χ4n) is 2.89. The lowest BCUT2D eigenvalue weighted by atomic mass is 10.1. The van der Waals surface area contributed by atoms with Gasteiger partial charge in [0, 0.05) is 18.3 Å². The minimum Gasteiger partial charge on any atom is -0.494 e. The first-order chi connectivity index (χ1) is 12.6. The van der Waals surface area contributed by atoms with Crippen molar-refractivity contribution in [2.45, 2.75) is 20.3 Å². The van der Waals surface area contributed by atoms with Crippen LogP contribution in [0.4, 0.5) is 11.4 Å². The molecule has 0 aliphatic carbocycles. The second-order valence-electron chi connectivity index (χ2n) is 5.91. The number of fused-ring (bicyclic) bond motifs is 1. The van der Waals surface area contributed by atoms with Gasteiger partial charge in [-0.25, -0.2) is 0 Å². The third kappa shape index (κ3) is 3.96. The number of nitrogens with one attached hydrogen (secondary N) is 1. The van der Waals surface area contributed by atoms with Gasteiger partial charge in [-0.2, -0.15) is 0 Å². The van der Waals surface area contributed by atoms with E-state index in [1.807, 2.05) is 38.1 Å². The zero-order chi connectivity index (χ0) is 18.5. The minimum absolute atomic E-state index is 0.0183. The number of likely N-dealkylation sites (N-methyl/N-ethyl adjacent to an activating group) is 1. The highest BCUT2D eigenvalue weighted by Gasteiger charge is 2.24. The Morgan fingerprint density at radius 2 is 1.96 bits per heavy atom. The Labute approximate surface area is 152 Å². The molecule has 1 N–H and O–H groups in total. The Morgan fingerprint density at radius 1 is 1.19 bits per heavy atom. The lowest BCUT2D eigenvalue weighted by Gasteiger charge is -2.28. The number of nitrogens with zero attached hydrogens (tertiary/aromatic N) is 1. The van der Waals surface area contributed by atoms with E-state index in [2.05, 4.69) is 5.32 Å². The predicted octanol–water partition coefficient (Wildman–Crippen LogP) is 3.01. The molecule has 0 aromatic heterocycles. The van der Waals surface area contributed by atoms with Gasteiger partial charge in [0.1, 0.15) is 11.5 Å². The van der Waals surface area contributed by atoms with Gasteiger partial charge in [0.15, 0.2) is 6.61 Å². The van der Waals surface area contributed by atoms with Crippen LogP contribution in [0.2, 0.25) is 0 Å². The number of hydrogen-bond acceptors (Lipinski definition) is 4. The predicted molar refractivity (Wildman–Crippen MR) is 99.9 cm³/mol. The van der Waals surface area contributed by atoms with Crippen LogP contribution in [0.5, 0.6) is 11.5 Å². The van der Waals surface area contributed by atoms with Crippen molar-refractivity contribution in [3.8, 4) is 11.5 Å². The summed E-state index contributed by atoms with van der Waals surface area (Å²) in [6.45, 7) is 5.06. The van der Waals surface area contributed by atoms with Gasteiger partial charge < -0.3 is 19.7 Å². The van der Waals surface area contributed by atoms with Crippen LogP contribution >= 0.6 is 0 Å². The van der Waals surface area contributed by atoms with Gasteiger partial charge in [0.2, 0.25) is 5.91 Å². The number of hydrogen-bond donors (Lipinski definition) is 1. The molecule has 3 rings (SSSR count). The smallest absolute Gasteiger partial charge is 0.265 e. The zero-order valence-electron chi connectivity index (χ0n) is 15.0. The standard InChI is InChI=1S/C20H22N2O4/c1-3-22-17-10-7-15(12-18(17)26-13-20(22)24)21-19(23)11-14-5-8-16(9-6-14)25-4-2/h5-10,12H,3-4,11,13H2,1-2H3,(H,21,23). The third-order valence-electron chi connectivity index (χ3n) is 4.10. The van der Waals surface area contributed by atoms with Crippen LogP contribution in [-0.4, -0.2) is 31.6 Å². The van der Waals surface area contributed by atoms with Gasteiger partial charge in [-0.15, -0.1) is 0 Å². The first-order valence-electron chi connectivity index (χ1n) is 8.69. The van der Waals surface area contributed by atoms with E-state index >= 15 is 0 Å². The second-order valence-corrected chi connectivity index (χ2v) is 5.91. The largest absolute Gasteiger partial charge is 0.494 e. The maximum atomic E-state index is 12.3. The first-order valence-corrected chi connectivity index (χ1v) is 8.69. The summed E-state index contributed by atoms with van der Waals surface area (Å²) in [5, 5.41) is 2.87. The Hall–Kier alpha value is -3.02. The van der Waals surface area contributed by atoms with Crippen LogP contribution < -0.4 is 19.7 Å². The monoisotopic (exact) mass is 354 g/mol. The second kappa shape index (κ2) is 7.91. The Kier molecular flexibility index (Phi) is 5.41. The minimum atomic E-state index is -0.117. The highest BCUT2D eigenvalue weighted by Crippen LogP contribution is 2.34. The van der Waals surface area contributed by atoms with E-state index < -0.39 is 0 Å². The Bertz CT molecular complexity index is 802. The molecule has 0 saturated heterocycles. The molecule has 2 aromatic carbocycles. The summed E-state index contributed by atoms with van der Waals surface area (Å²) in [5.74, 6) is 1.21. The summed E-state index contributed by atoms with van der Waals surface area (Å²) in [6, 6.07) is 12.8. The number of ether oxygens (including phenoxy) is 2. The Balaban J connectivity index is 1.65. The number of rotatable bonds is 6. The molecule has 1 aliphatic rings. The zero-order valence-corrected chi connectivity index (χ0v) is 15.0. The molecule has 0 bridgehead atoms. The van der Waals surface area contributed by atoms with Gasteiger partial charge in [-0.3, -0.25) is 9.59 Å². The quantitative estimate of drug-likeness (QED) is 0.866. The average Bonchev–Trinajstić information content (AvgIpc) is 2.63. The molecule has 1 aliphatic heterocycles. The van der Waals surface area contributed by atoms with Crippen LogP contribution in [0.3, 0.4) is 0 Å². The maximum Gasteiger partial charge on any atom is 0.265 e. The summed E-state index contributed by atoms with van der Waals surface area (Å²) in [7, 11) is 0. The third-order valence-corrected chi connectivity index (χ3v) is 4.10. The summed E-state index contributed by atoms with van der Waals surface area (Å²) in [4.78, 5) is 25.8. The maximum absolute atomic E-state index is 12.3. The van der Waals surface area contributed by atoms with Crippen LogP contribution in [0.15, 0.2) is 42.5 Å². The lowest BCUT2D eigenvalue weighted by Crippen LogP contribution is -2.38. The molecule has 2 aromatic rings. The molecule has 136 valence electrons. The van der Waals surface area contributed by atoms with E-state index in [0.717, 1.165) is 17.0 Å². The number of anilines is 2. The fraction of sp³-hybridized carbons (Fsp3) is 0.300. The van der Waals surface area contributed by atoms with Crippen molar-refractivity contribution in [3.05, 3.63) is 48.0 Å².